The third-order valence-electron chi connectivity index (χ3n) is 4.18. The molecule has 22 heavy (non-hydrogen) atoms. The van der Waals surface area contributed by atoms with Crippen LogP contribution in [0.15, 0.2) is 48.8 Å². The van der Waals surface area contributed by atoms with Gasteiger partial charge in [-0.05, 0) is 55.8 Å². The zero-order chi connectivity index (χ0) is 14.8. The summed E-state index contributed by atoms with van der Waals surface area (Å²) in [7, 11) is 0. The molecule has 1 aromatic carbocycles. The van der Waals surface area contributed by atoms with E-state index in [1.54, 1.807) is 0 Å². The first-order valence-corrected chi connectivity index (χ1v) is 7.79. The summed E-state index contributed by atoms with van der Waals surface area (Å²) in [5.41, 5.74) is 3.21. The van der Waals surface area contributed by atoms with E-state index in [0.29, 0.717) is 6.10 Å². The van der Waals surface area contributed by atoms with Crippen molar-refractivity contribution in [3.05, 3.63) is 48.8 Å². The van der Waals surface area contributed by atoms with E-state index < -0.39 is 0 Å². The fourth-order valence-corrected chi connectivity index (χ4v) is 2.93. The van der Waals surface area contributed by atoms with Gasteiger partial charge in [0.15, 0.2) is 0 Å². The Morgan fingerprint density at radius 1 is 1.00 bits per heavy atom. The van der Waals surface area contributed by atoms with Crippen molar-refractivity contribution in [2.75, 3.05) is 13.1 Å². The maximum atomic E-state index is 6.04. The summed E-state index contributed by atoms with van der Waals surface area (Å²) in [5.74, 6) is 0.950. The number of rotatable bonds is 3. The number of nitrogens with one attached hydrogen (secondary N) is 2. The van der Waals surface area contributed by atoms with Crippen LogP contribution < -0.4 is 10.1 Å². The van der Waals surface area contributed by atoms with Gasteiger partial charge in [0.25, 0.3) is 0 Å². The van der Waals surface area contributed by atoms with Crippen LogP contribution in [0.25, 0.3) is 22.2 Å². The molecule has 1 saturated heterocycles. The number of H-pyrrole nitrogens is 1. The molecule has 0 saturated carbocycles. The van der Waals surface area contributed by atoms with Crippen LogP contribution in [-0.4, -0.2) is 29.2 Å². The monoisotopic (exact) mass is 293 g/mol. The summed E-state index contributed by atoms with van der Waals surface area (Å²) in [6.45, 7) is 2.09. The number of benzene rings is 1. The van der Waals surface area contributed by atoms with Gasteiger partial charge in [0, 0.05) is 23.3 Å². The summed E-state index contributed by atoms with van der Waals surface area (Å²) in [6.07, 6.45) is 6.31. The number of pyridine rings is 1. The van der Waals surface area contributed by atoms with Crippen molar-refractivity contribution in [2.45, 2.75) is 18.9 Å². The summed E-state index contributed by atoms with van der Waals surface area (Å²) < 4.78 is 6.04. The Hall–Kier alpha value is -2.33. The fraction of sp³-hybridized carbons (Fsp3) is 0.278. The minimum Gasteiger partial charge on any atom is -0.490 e. The molecule has 0 unspecified atom stereocenters. The zero-order valence-electron chi connectivity index (χ0n) is 12.4. The first-order chi connectivity index (χ1) is 10.9. The van der Waals surface area contributed by atoms with Crippen molar-refractivity contribution in [1.29, 1.82) is 0 Å². The van der Waals surface area contributed by atoms with Gasteiger partial charge in [0.05, 0.1) is 0 Å². The Morgan fingerprint density at radius 3 is 2.64 bits per heavy atom. The average molecular weight is 293 g/mol. The second-order valence-electron chi connectivity index (χ2n) is 5.73. The molecule has 1 aliphatic heterocycles. The molecule has 1 fully saturated rings. The third-order valence-corrected chi connectivity index (χ3v) is 4.18. The van der Waals surface area contributed by atoms with Crippen LogP contribution in [0.4, 0.5) is 0 Å². The van der Waals surface area contributed by atoms with Gasteiger partial charge in [0.1, 0.15) is 17.5 Å². The Labute approximate surface area is 129 Å². The van der Waals surface area contributed by atoms with Gasteiger partial charge < -0.3 is 15.0 Å². The van der Waals surface area contributed by atoms with E-state index in [-0.39, 0.29) is 0 Å². The number of aromatic amines is 1. The van der Waals surface area contributed by atoms with Crippen LogP contribution in [0.2, 0.25) is 0 Å². The van der Waals surface area contributed by atoms with Crippen molar-refractivity contribution >= 4 is 11.0 Å². The highest BCUT2D eigenvalue weighted by molar-refractivity contribution is 5.81. The molecule has 4 nitrogen and oxygen atoms in total. The maximum absolute atomic E-state index is 6.04. The molecule has 0 spiro atoms. The summed E-state index contributed by atoms with van der Waals surface area (Å²) in [5, 5.41) is 4.49. The topological polar surface area (TPSA) is 49.9 Å². The lowest BCUT2D eigenvalue weighted by Crippen LogP contribution is -2.34. The van der Waals surface area contributed by atoms with Crippen molar-refractivity contribution < 1.29 is 4.74 Å². The Bertz CT molecular complexity index is 757. The van der Waals surface area contributed by atoms with Crippen LogP contribution in [-0.2, 0) is 0 Å². The second-order valence-corrected chi connectivity index (χ2v) is 5.73. The highest BCUT2D eigenvalue weighted by atomic mass is 16.5. The predicted molar refractivity (Wildman–Crippen MR) is 88.0 cm³/mol. The van der Waals surface area contributed by atoms with Crippen LogP contribution in [0.3, 0.4) is 0 Å². The lowest BCUT2D eigenvalue weighted by Gasteiger charge is -2.23. The number of hydrogen-bond donors (Lipinski definition) is 2. The van der Waals surface area contributed by atoms with E-state index >= 15 is 0 Å². The molecular formula is C18H19N3O. The van der Waals surface area contributed by atoms with Crippen molar-refractivity contribution in [3.63, 3.8) is 0 Å². The standard InChI is InChI=1S/C18H19N3O/c1-3-16(22-17-6-8-19-9-7-17)4-2-13(1)15-11-14-5-10-20-18(14)21-12-15/h1-5,10-12,17,19H,6-9H2,(H,20,21). The van der Waals surface area contributed by atoms with Crippen LogP contribution >= 0.6 is 0 Å². The molecular weight excluding hydrogens is 274 g/mol. The van der Waals surface area contributed by atoms with E-state index in [4.69, 9.17) is 4.74 Å². The second kappa shape index (κ2) is 5.81. The fourth-order valence-electron chi connectivity index (χ4n) is 2.93. The van der Waals surface area contributed by atoms with Gasteiger partial charge in [-0.25, -0.2) is 4.98 Å². The predicted octanol–water partition coefficient (Wildman–Crippen LogP) is 3.36. The molecule has 0 atom stereocenters. The first-order valence-electron chi connectivity index (χ1n) is 7.79. The van der Waals surface area contributed by atoms with Crippen LogP contribution in [0.5, 0.6) is 5.75 Å². The average Bonchev–Trinajstić information content (AvgIpc) is 3.04. The quantitative estimate of drug-likeness (QED) is 0.778. The summed E-state index contributed by atoms with van der Waals surface area (Å²) in [4.78, 5) is 7.56. The number of aromatic nitrogens is 2. The van der Waals surface area contributed by atoms with Crippen molar-refractivity contribution in [3.8, 4) is 16.9 Å². The first kappa shape index (κ1) is 13.3. The molecule has 0 bridgehead atoms. The molecule has 4 heteroatoms. The lowest BCUT2D eigenvalue weighted by atomic mass is 10.1. The van der Waals surface area contributed by atoms with E-state index in [0.717, 1.165) is 53.8 Å². The van der Waals surface area contributed by atoms with E-state index in [2.05, 4.69) is 45.6 Å². The number of piperidine rings is 1. The smallest absolute Gasteiger partial charge is 0.137 e. The van der Waals surface area contributed by atoms with Crippen LogP contribution in [0.1, 0.15) is 12.8 Å². The maximum Gasteiger partial charge on any atom is 0.137 e. The molecule has 4 rings (SSSR count). The normalized spacial score (nSPS) is 16.0. The number of ether oxygens (including phenoxy) is 1. The van der Waals surface area contributed by atoms with Gasteiger partial charge in [-0.3, -0.25) is 0 Å². The molecule has 2 N–H and O–H groups in total. The summed E-state index contributed by atoms with van der Waals surface area (Å²) >= 11 is 0. The van der Waals surface area contributed by atoms with Crippen LogP contribution in [0, 0.1) is 0 Å². The Morgan fingerprint density at radius 2 is 1.82 bits per heavy atom. The van der Waals surface area contributed by atoms with E-state index in [1.807, 2.05) is 18.5 Å². The highest BCUT2D eigenvalue weighted by Crippen LogP contribution is 2.25. The van der Waals surface area contributed by atoms with Gasteiger partial charge in [-0.15, -0.1) is 0 Å². The minimum absolute atomic E-state index is 0.338. The van der Waals surface area contributed by atoms with Gasteiger partial charge in [-0.2, -0.15) is 0 Å². The lowest BCUT2D eigenvalue weighted by molar-refractivity contribution is 0.162. The van der Waals surface area contributed by atoms with Crippen molar-refractivity contribution in [2.24, 2.45) is 0 Å². The molecule has 3 heterocycles. The molecule has 0 radical (unpaired) electrons. The number of nitrogens with zero attached hydrogens (tertiary/aromatic N) is 1. The Kier molecular flexibility index (Phi) is 3.52. The Balaban J connectivity index is 1.53. The minimum atomic E-state index is 0.338. The van der Waals surface area contributed by atoms with Gasteiger partial charge in [-0.1, -0.05) is 12.1 Å². The SMILES string of the molecule is c1cc2cc(-c3ccc(OC4CCNCC4)cc3)cnc2[nH]1. The molecule has 1 aliphatic rings. The molecule has 112 valence electrons. The van der Waals surface area contributed by atoms with Gasteiger partial charge in [0.2, 0.25) is 0 Å². The van der Waals surface area contributed by atoms with E-state index in [1.165, 1.54) is 0 Å². The molecule has 3 aromatic rings. The molecule has 0 aliphatic carbocycles. The van der Waals surface area contributed by atoms with Crippen molar-refractivity contribution in [1.82, 2.24) is 15.3 Å². The highest BCUT2D eigenvalue weighted by Gasteiger charge is 2.14. The molecule has 0 amide bonds. The third kappa shape index (κ3) is 2.70. The number of fused-ring (bicyclic) bond motifs is 1. The number of hydrogen-bond acceptors (Lipinski definition) is 3. The summed E-state index contributed by atoms with van der Waals surface area (Å²) in [6, 6.07) is 12.5. The molecule has 2 aromatic heterocycles. The largest absolute Gasteiger partial charge is 0.490 e. The zero-order valence-corrected chi connectivity index (χ0v) is 12.4. The van der Waals surface area contributed by atoms with E-state index in [9.17, 15) is 0 Å². The van der Waals surface area contributed by atoms with Gasteiger partial charge >= 0.3 is 0 Å².